The summed E-state index contributed by atoms with van der Waals surface area (Å²) in [5, 5.41) is 30.1. The lowest BCUT2D eigenvalue weighted by atomic mass is 9.62. The SMILES string of the molecule is C[C@]12CCC3=C(CCc4cc(O)ccc43)[C@H]1C[C@@H](O)[C@@H]2O. The van der Waals surface area contributed by atoms with Crippen LogP contribution in [0.2, 0.25) is 0 Å². The summed E-state index contributed by atoms with van der Waals surface area (Å²) in [5.74, 6) is 0.637. The first-order valence-corrected chi connectivity index (χ1v) is 7.91. The van der Waals surface area contributed by atoms with Gasteiger partial charge in [-0.05, 0) is 66.9 Å². The molecule has 0 bridgehead atoms. The monoisotopic (exact) mass is 286 g/mol. The lowest BCUT2D eigenvalue weighted by Crippen LogP contribution is -2.39. The summed E-state index contributed by atoms with van der Waals surface area (Å²) in [5.41, 5.74) is 5.17. The van der Waals surface area contributed by atoms with Crippen molar-refractivity contribution in [3.63, 3.8) is 0 Å². The highest BCUT2D eigenvalue weighted by Crippen LogP contribution is 2.58. The number of phenols is 1. The Labute approximate surface area is 124 Å². The molecule has 1 saturated carbocycles. The van der Waals surface area contributed by atoms with Crippen LogP contribution in [0.1, 0.15) is 43.7 Å². The van der Waals surface area contributed by atoms with Gasteiger partial charge in [-0.15, -0.1) is 0 Å². The number of benzene rings is 1. The quantitative estimate of drug-likeness (QED) is 0.687. The molecule has 0 unspecified atom stereocenters. The van der Waals surface area contributed by atoms with E-state index >= 15 is 0 Å². The number of hydrogen-bond acceptors (Lipinski definition) is 3. The van der Waals surface area contributed by atoms with Gasteiger partial charge in [0.2, 0.25) is 0 Å². The van der Waals surface area contributed by atoms with Crippen LogP contribution in [0.25, 0.3) is 5.57 Å². The van der Waals surface area contributed by atoms with Gasteiger partial charge >= 0.3 is 0 Å². The predicted octanol–water partition coefficient (Wildman–Crippen LogP) is 2.63. The number of aryl methyl sites for hydroxylation is 1. The Bertz CT molecular complexity index is 633. The van der Waals surface area contributed by atoms with Crippen molar-refractivity contribution in [3.8, 4) is 5.75 Å². The average Bonchev–Trinajstić information content (AvgIpc) is 2.70. The maximum atomic E-state index is 10.4. The Kier molecular flexibility index (Phi) is 2.76. The topological polar surface area (TPSA) is 60.7 Å². The van der Waals surface area contributed by atoms with Crippen LogP contribution in [-0.4, -0.2) is 27.5 Å². The van der Waals surface area contributed by atoms with Gasteiger partial charge in [0.1, 0.15) is 5.75 Å². The fourth-order valence-corrected chi connectivity index (χ4v) is 4.90. The number of fused-ring (bicyclic) bond motifs is 4. The number of aliphatic hydroxyl groups excluding tert-OH is 2. The van der Waals surface area contributed by atoms with E-state index in [0.717, 1.165) is 25.7 Å². The van der Waals surface area contributed by atoms with E-state index in [0.29, 0.717) is 18.1 Å². The first kappa shape index (κ1) is 13.4. The third kappa shape index (κ3) is 1.74. The van der Waals surface area contributed by atoms with E-state index in [9.17, 15) is 15.3 Å². The highest BCUT2D eigenvalue weighted by molar-refractivity contribution is 5.75. The van der Waals surface area contributed by atoms with Crippen LogP contribution in [0.4, 0.5) is 0 Å². The van der Waals surface area contributed by atoms with Gasteiger partial charge in [0.05, 0.1) is 12.2 Å². The molecule has 3 heteroatoms. The molecule has 0 spiro atoms. The highest BCUT2D eigenvalue weighted by Gasteiger charge is 2.54. The Balaban J connectivity index is 1.82. The molecule has 3 nitrogen and oxygen atoms in total. The molecule has 1 fully saturated rings. The molecule has 0 aromatic heterocycles. The van der Waals surface area contributed by atoms with Gasteiger partial charge in [0.15, 0.2) is 0 Å². The molecule has 4 rings (SSSR count). The van der Waals surface area contributed by atoms with Crippen molar-refractivity contribution in [2.24, 2.45) is 11.3 Å². The molecular formula is C18H22O3. The second kappa shape index (κ2) is 4.34. The Morgan fingerprint density at radius 1 is 1.14 bits per heavy atom. The smallest absolute Gasteiger partial charge is 0.115 e. The van der Waals surface area contributed by atoms with Crippen molar-refractivity contribution >= 4 is 5.57 Å². The van der Waals surface area contributed by atoms with Gasteiger partial charge in [-0.1, -0.05) is 18.6 Å². The van der Waals surface area contributed by atoms with Crippen molar-refractivity contribution in [2.45, 2.75) is 51.2 Å². The molecule has 3 N–H and O–H groups in total. The summed E-state index contributed by atoms with van der Waals surface area (Å²) < 4.78 is 0. The summed E-state index contributed by atoms with van der Waals surface area (Å²) >= 11 is 0. The minimum Gasteiger partial charge on any atom is -0.508 e. The largest absolute Gasteiger partial charge is 0.508 e. The van der Waals surface area contributed by atoms with Crippen LogP contribution >= 0.6 is 0 Å². The van der Waals surface area contributed by atoms with Gasteiger partial charge in [-0.25, -0.2) is 0 Å². The first-order chi connectivity index (χ1) is 10.0. The van der Waals surface area contributed by atoms with E-state index in [4.69, 9.17) is 0 Å². The van der Waals surface area contributed by atoms with Gasteiger partial charge in [-0.3, -0.25) is 0 Å². The van der Waals surface area contributed by atoms with Crippen molar-refractivity contribution in [1.29, 1.82) is 0 Å². The maximum Gasteiger partial charge on any atom is 0.115 e. The van der Waals surface area contributed by atoms with Crippen LogP contribution in [-0.2, 0) is 6.42 Å². The van der Waals surface area contributed by atoms with E-state index in [-0.39, 0.29) is 5.41 Å². The van der Waals surface area contributed by atoms with E-state index in [1.807, 2.05) is 12.1 Å². The standard InChI is InChI=1S/C18H22O3/c1-18-7-6-13-12-5-3-11(19)8-10(12)2-4-14(13)15(18)9-16(20)17(18)21/h3,5,8,15-17,19-21H,2,4,6-7,9H2,1H3/t15-,16-,17+,18+/m1/s1. The zero-order valence-electron chi connectivity index (χ0n) is 12.3. The second-order valence-corrected chi connectivity index (χ2v) is 7.15. The summed E-state index contributed by atoms with van der Waals surface area (Å²) in [6.45, 7) is 2.13. The fourth-order valence-electron chi connectivity index (χ4n) is 4.90. The number of rotatable bonds is 0. The molecule has 0 radical (unpaired) electrons. The van der Waals surface area contributed by atoms with Crippen LogP contribution in [0.15, 0.2) is 23.8 Å². The molecule has 0 saturated heterocycles. The minimum atomic E-state index is -0.599. The molecule has 112 valence electrons. The Hall–Kier alpha value is -1.32. The summed E-state index contributed by atoms with van der Waals surface area (Å²) in [7, 11) is 0. The summed E-state index contributed by atoms with van der Waals surface area (Å²) in [4.78, 5) is 0. The molecule has 0 heterocycles. The molecule has 0 aliphatic heterocycles. The van der Waals surface area contributed by atoms with E-state index in [2.05, 4.69) is 6.92 Å². The number of aromatic hydroxyl groups is 1. The van der Waals surface area contributed by atoms with E-state index < -0.39 is 12.2 Å². The normalized spacial score (nSPS) is 38.0. The molecule has 1 aromatic carbocycles. The third-order valence-electron chi connectivity index (χ3n) is 6.11. The summed E-state index contributed by atoms with van der Waals surface area (Å²) in [6, 6.07) is 5.68. The van der Waals surface area contributed by atoms with Gasteiger partial charge in [0, 0.05) is 5.41 Å². The van der Waals surface area contributed by atoms with Crippen molar-refractivity contribution < 1.29 is 15.3 Å². The Morgan fingerprint density at radius 3 is 2.76 bits per heavy atom. The van der Waals surface area contributed by atoms with Crippen LogP contribution in [0, 0.1) is 11.3 Å². The fraction of sp³-hybridized carbons (Fsp3) is 0.556. The van der Waals surface area contributed by atoms with Crippen molar-refractivity contribution in [3.05, 3.63) is 34.9 Å². The highest BCUT2D eigenvalue weighted by atomic mass is 16.3. The van der Waals surface area contributed by atoms with E-state index in [1.165, 1.54) is 22.3 Å². The number of allylic oxidation sites excluding steroid dienone is 2. The predicted molar refractivity (Wildman–Crippen MR) is 80.8 cm³/mol. The second-order valence-electron chi connectivity index (χ2n) is 7.15. The lowest BCUT2D eigenvalue weighted by molar-refractivity contribution is -0.0239. The molecular weight excluding hydrogens is 264 g/mol. The molecule has 1 aromatic rings. The van der Waals surface area contributed by atoms with Gasteiger partial charge in [-0.2, -0.15) is 0 Å². The van der Waals surface area contributed by atoms with Crippen molar-refractivity contribution in [1.82, 2.24) is 0 Å². The average molecular weight is 286 g/mol. The third-order valence-corrected chi connectivity index (χ3v) is 6.11. The van der Waals surface area contributed by atoms with Crippen LogP contribution < -0.4 is 0 Å². The van der Waals surface area contributed by atoms with E-state index in [1.54, 1.807) is 6.07 Å². The number of hydrogen-bond donors (Lipinski definition) is 3. The molecule has 21 heavy (non-hydrogen) atoms. The molecule has 3 aliphatic rings. The van der Waals surface area contributed by atoms with Crippen LogP contribution in [0.3, 0.4) is 0 Å². The zero-order valence-corrected chi connectivity index (χ0v) is 12.3. The maximum absolute atomic E-state index is 10.4. The minimum absolute atomic E-state index is 0.174. The van der Waals surface area contributed by atoms with Crippen LogP contribution in [0.5, 0.6) is 5.75 Å². The first-order valence-electron chi connectivity index (χ1n) is 7.91. The molecule has 4 atom stereocenters. The molecule has 3 aliphatic carbocycles. The lowest BCUT2D eigenvalue weighted by Gasteiger charge is -2.43. The van der Waals surface area contributed by atoms with Gasteiger partial charge in [0.25, 0.3) is 0 Å². The van der Waals surface area contributed by atoms with Gasteiger partial charge < -0.3 is 15.3 Å². The number of phenolic OH excluding ortho intramolecular Hbond substituents is 1. The Morgan fingerprint density at radius 2 is 1.95 bits per heavy atom. The zero-order chi connectivity index (χ0) is 14.8. The molecule has 0 amide bonds. The van der Waals surface area contributed by atoms with Crippen molar-refractivity contribution in [2.75, 3.05) is 0 Å². The summed E-state index contributed by atoms with van der Waals surface area (Å²) in [6.07, 6.45) is 3.32. The number of aliphatic hydroxyl groups is 2.